The number of aliphatic hydroxyl groups excluding tert-OH is 1. The number of aromatic nitrogens is 1. The maximum absolute atomic E-state index is 10.6. The molecular formula is C15H17ClN2O. The summed E-state index contributed by atoms with van der Waals surface area (Å²) in [5.41, 5.74) is 1.78. The minimum Gasteiger partial charge on any atom is -0.387 e. The number of piperidine rings is 1. The van der Waals surface area contributed by atoms with E-state index in [-0.39, 0.29) is 6.04 Å². The predicted octanol–water partition coefficient (Wildman–Crippen LogP) is 3.06. The lowest BCUT2D eigenvalue weighted by molar-refractivity contribution is 0.115. The lowest BCUT2D eigenvalue weighted by atomic mass is 9.93. The molecule has 1 fully saturated rings. The van der Waals surface area contributed by atoms with Crippen molar-refractivity contribution in [1.82, 2.24) is 10.3 Å². The zero-order valence-corrected chi connectivity index (χ0v) is 11.4. The van der Waals surface area contributed by atoms with E-state index in [0.717, 1.165) is 29.4 Å². The molecule has 2 aromatic rings. The lowest BCUT2D eigenvalue weighted by Crippen LogP contribution is -2.38. The summed E-state index contributed by atoms with van der Waals surface area (Å²) < 4.78 is 0. The topological polar surface area (TPSA) is 45.2 Å². The molecule has 1 aromatic heterocycles. The molecule has 3 rings (SSSR count). The number of pyridine rings is 1. The second-order valence-corrected chi connectivity index (χ2v) is 5.50. The molecular weight excluding hydrogens is 260 g/mol. The average Bonchev–Trinajstić information content (AvgIpc) is 2.47. The van der Waals surface area contributed by atoms with Gasteiger partial charge in [0, 0.05) is 22.6 Å². The molecule has 0 saturated carbocycles. The van der Waals surface area contributed by atoms with Crippen molar-refractivity contribution in [2.75, 3.05) is 6.54 Å². The summed E-state index contributed by atoms with van der Waals surface area (Å²) in [5.74, 6) is 0. The third-order valence-electron chi connectivity index (χ3n) is 3.79. The predicted molar refractivity (Wildman–Crippen MR) is 77.4 cm³/mol. The van der Waals surface area contributed by atoms with Gasteiger partial charge in [0.25, 0.3) is 0 Å². The van der Waals surface area contributed by atoms with Gasteiger partial charge in [0.2, 0.25) is 0 Å². The second kappa shape index (κ2) is 5.45. The molecule has 100 valence electrons. The Morgan fingerprint density at radius 2 is 2.21 bits per heavy atom. The Balaban J connectivity index is 2.01. The fourth-order valence-electron chi connectivity index (χ4n) is 2.76. The quantitative estimate of drug-likeness (QED) is 0.886. The fourth-order valence-corrected chi connectivity index (χ4v) is 2.93. The highest BCUT2D eigenvalue weighted by Gasteiger charge is 2.24. The van der Waals surface area contributed by atoms with Crippen molar-refractivity contribution in [3.63, 3.8) is 0 Å². The number of rotatable bonds is 2. The van der Waals surface area contributed by atoms with Gasteiger partial charge in [-0.05, 0) is 49.2 Å². The Hall–Kier alpha value is -1.16. The van der Waals surface area contributed by atoms with Gasteiger partial charge < -0.3 is 10.4 Å². The molecule has 3 nitrogen and oxygen atoms in total. The summed E-state index contributed by atoms with van der Waals surface area (Å²) in [6.45, 7) is 0.978. The van der Waals surface area contributed by atoms with E-state index in [1.165, 1.54) is 12.8 Å². The van der Waals surface area contributed by atoms with Gasteiger partial charge in [0.15, 0.2) is 0 Å². The van der Waals surface area contributed by atoms with Crippen LogP contribution in [0.5, 0.6) is 0 Å². The summed E-state index contributed by atoms with van der Waals surface area (Å²) in [6, 6.07) is 7.61. The van der Waals surface area contributed by atoms with Crippen molar-refractivity contribution in [3.8, 4) is 0 Å². The maximum Gasteiger partial charge on any atom is 0.0950 e. The summed E-state index contributed by atoms with van der Waals surface area (Å²) in [4.78, 5) is 4.32. The first-order valence-corrected chi connectivity index (χ1v) is 7.09. The number of halogens is 1. The molecule has 1 aliphatic heterocycles. The van der Waals surface area contributed by atoms with E-state index in [1.54, 1.807) is 6.20 Å². The Kier molecular flexibility index (Phi) is 3.69. The highest BCUT2D eigenvalue weighted by Crippen LogP contribution is 2.29. The smallest absolute Gasteiger partial charge is 0.0950 e. The summed E-state index contributed by atoms with van der Waals surface area (Å²) >= 11 is 6.06. The van der Waals surface area contributed by atoms with Crippen LogP contribution < -0.4 is 5.32 Å². The third kappa shape index (κ3) is 2.59. The van der Waals surface area contributed by atoms with E-state index in [0.29, 0.717) is 5.02 Å². The van der Waals surface area contributed by atoms with Crippen molar-refractivity contribution in [2.24, 2.45) is 0 Å². The Morgan fingerprint density at radius 1 is 1.32 bits per heavy atom. The number of nitrogens with one attached hydrogen (secondary N) is 1. The van der Waals surface area contributed by atoms with Gasteiger partial charge in [0.05, 0.1) is 11.6 Å². The molecule has 1 saturated heterocycles. The Bertz CT molecular complexity index is 581. The van der Waals surface area contributed by atoms with Crippen molar-refractivity contribution in [3.05, 3.63) is 41.0 Å². The number of hydrogen-bond acceptors (Lipinski definition) is 3. The van der Waals surface area contributed by atoms with Crippen LogP contribution in [-0.2, 0) is 0 Å². The van der Waals surface area contributed by atoms with Gasteiger partial charge in [-0.15, -0.1) is 0 Å². The van der Waals surface area contributed by atoms with E-state index in [1.807, 2.05) is 24.3 Å². The van der Waals surface area contributed by atoms with Crippen LogP contribution in [0.25, 0.3) is 10.9 Å². The molecule has 1 aromatic carbocycles. The van der Waals surface area contributed by atoms with E-state index in [9.17, 15) is 5.11 Å². The van der Waals surface area contributed by atoms with Gasteiger partial charge in [-0.1, -0.05) is 18.0 Å². The number of benzene rings is 1. The molecule has 0 spiro atoms. The number of aliphatic hydroxyl groups is 1. The van der Waals surface area contributed by atoms with Crippen molar-refractivity contribution < 1.29 is 5.11 Å². The average molecular weight is 277 g/mol. The van der Waals surface area contributed by atoms with Crippen molar-refractivity contribution >= 4 is 22.5 Å². The molecule has 0 bridgehead atoms. The molecule has 2 N–H and O–H groups in total. The van der Waals surface area contributed by atoms with Gasteiger partial charge in [-0.25, -0.2) is 0 Å². The van der Waals surface area contributed by atoms with Gasteiger partial charge in [-0.3, -0.25) is 4.98 Å². The highest BCUT2D eigenvalue weighted by molar-refractivity contribution is 6.31. The molecule has 2 heterocycles. The minimum atomic E-state index is -0.510. The van der Waals surface area contributed by atoms with E-state index < -0.39 is 6.10 Å². The van der Waals surface area contributed by atoms with Crippen molar-refractivity contribution in [2.45, 2.75) is 31.4 Å². The third-order valence-corrected chi connectivity index (χ3v) is 4.02. The lowest BCUT2D eigenvalue weighted by Gasteiger charge is -2.28. The molecule has 1 aliphatic rings. The molecule has 0 radical (unpaired) electrons. The van der Waals surface area contributed by atoms with Crippen LogP contribution in [-0.4, -0.2) is 22.7 Å². The fraction of sp³-hybridized carbons (Fsp3) is 0.400. The van der Waals surface area contributed by atoms with Crippen LogP contribution >= 0.6 is 11.6 Å². The van der Waals surface area contributed by atoms with E-state index in [4.69, 9.17) is 11.6 Å². The van der Waals surface area contributed by atoms with Gasteiger partial charge in [-0.2, -0.15) is 0 Å². The molecule has 2 unspecified atom stereocenters. The molecule has 19 heavy (non-hydrogen) atoms. The number of hydrogen-bond donors (Lipinski definition) is 2. The number of nitrogens with zero attached hydrogens (tertiary/aromatic N) is 1. The first-order valence-electron chi connectivity index (χ1n) is 6.71. The van der Waals surface area contributed by atoms with Crippen LogP contribution in [0.4, 0.5) is 0 Å². The Morgan fingerprint density at radius 3 is 3.00 bits per heavy atom. The zero-order chi connectivity index (χ0) is 13.2. The molecule has 4 heteroatoms. The van der Waals surface area contributed by atoms with E-state index >= 15 is 0 Å². The van der Waals surface area contributed by atoms with Gasteiger partial charge in [0.1, 0.15) is 0 Å². The van der Waals surface area contributed by atoms with Crippen molar-refractivity contribution in [1.29, 1.82) is 0 Å². The zero-order valence-electron chi connectivity index (χ0n) is 10.6. The first-order chi connectivity index (χ1) is 9.25. The van der Waals surface area contributed by atoms with E-state index in [2.05, 4.69) is 10.3 Å². The monoisotopic (exact) mass is 276 g/mol. The van der Waals surface area contributed by atoms with Crippen LogP contribution in [0.3, 0.4) is 0 Å². The molecule has 2 atom stereocenters. The highest BCUT2D eigenvalue weighted by atomic mass is 35.5. The second-order valence-electron chi connectivity index (χ2n) is 5.06. The summed E-state index contributed by atoms with van der Waals surface area (Å²) in [6.07, 6.45) is 4.60. The van der Waals surface area contributed by atoms with Crippen LogP contribution in [0.1, 0.15) is 30.9 Å². The SMILES string of the molecule is OC(c1ccnc2ccc(Cl)cc12)C1CCCCN1. The molecule has 0 amide bonds. The normalized spacial score (nSPS) is 21.5. The summed E-state index contributed by atoms with van der Waals surface area (Å²) in [7, 11) is 0. The molecule has 0 aliphatic carbocycles. The largest absolute Gasteiger partial charge is 0.387 e. The minimum absolute atomic E-state index is 0.123. The standard InChI is InChI=1S/C15H17ClN2O/c16-10-4-5-13-12(9-10)11(6-8-18-13)15(19)14-3-1-2-7-17-14/h4-6,8-9,14-15,17,19H,1-3,7H2. The number of fused-ring (bicyclic) bond motifs is 1. The summed E-state index contributed by atoms with van der Waals surface area (Å²) in [5, 5.41) is 15.6. The first kappa shape index (κ1) is 12.9. The Labute approximate surface area is 117 Å². The van der Waals surface area contributed by atoms with Crippen LogP contribution in [0, 0.1) is 0 Å². The van der Waals surface area contributed by atoms with Gasteiger partial charge >= 0.3 is 0 Å². The maximum atomic E-state index is 10.6. The van der Waals surface area contributed by atoms with Crippen LogP contribution in [0.2, 0.25) is 5.02 Å². The van der Waals surface area contributed by atoms with Crippen LogP contribution in [0.15, 0.2) is 30.5 Å².